The summed E-state index contributed by atoms with van der Waals surface area (Å²) < 4.78 is 0. The van der Waals surface area contributed by atoms with Crippen LogP contribution in [0.3, 0.4) is 0 Å². The number of hydrogen-bond donors (Lipinski definition) is 2. The van der Waals surface area contributed by atoms with Crippen molar-refractivity contribution in [3.05, 3.63) is 36.2 Å². The fourth-order valence-corrected chi connectivity index (χ4v) is 1.48. The highest BCUT2D eigenvalue weighted by molar-refractivity contribution is 7.81. The molecule has 2 N–H and O–H groups in total. The minimum absolute atomic E-state index is 0.471. The van der Waals surface area contributed by atoms with Gasteiger partial charge in [-0.25, -0.2) is 0 Å². The Morgan fingerprint density at radius 1 is 1.27 bits per heavy atom. The first-order chi connectivity index (χ1) is 7.18. The van der Waals surface area contributed by atoms with Crippen LogP contribution in [0, 0.1) is 0 Å². The van der Waals surface area contributed by atoms with Gasteiger partial charge in [0.1, 0.15) is 5.25 Å². The lowest BCUT2D eigenvalue weighted by atomic mass is 10.1. The SMILES string of the molecule is NC(=O)C(S)c1ccc2nccnc2c1. The molecular formula is C10H9N3OS. The summed E-state index contributed by atoms with van der Waals surface area (Å²) in [6.45, 7) is 0. The van der Waals surface area contributed by atoms with Gasteiger partial charge in [-0.05, 0) is 17.7 Å². The molecule has 76 valence electrons. The lowest BCUT2D eigenvalue weighted by molar-refractivity contribution is -0.117. The standard InChI is InChI=1S/C10H9N3OS/c11-10(14)9(15)6-1-2-7-8(5-6)13-4-3-12-7/h1-5,9,15H,(H2,11,14). The monoisotopic (exact) mass is 219 g/mol. The number of benzene rings is 1. The molecule has 4 nitrogen and oxygen atoms in total. The lowest BCUT2D eigenvalue weighted by Gasteiger charge is -2.06. The predicted octanol–water partition coefficient (Wildman–Crippen LogP) is 1.09. The highest BCUT2D eigenvalue weighted by Crippen LogP contribution is 2.21. The van der Waals surface area contributed by atoms with Crippen LogP contribution in [0.1, 0.15) is 10.8 Å². The summed E-state index contributed by atoms with van der Waals surface area (Å²) in [5, 5.41) is -0.601. The van der Waals surface area contributed by atoms with Crippen LogP contribution in [0.15, 0.2) is 30.6 Å². The molecule has 0 fully saturated rings. The van der Waals surface area contributed by atoms with Gasteiger partial charge in [0.2, 0.25) is 5.91 Å². The van der Waals surface area contributed by atoms with E-state index in [1.807, 2.05) is 0 Å². The second kappa shape index (κ2) is 3.86. The van der Waals surface area contributed by atoms with E-state index in [0.717, 1.165) is 16.6 Å². The Labute approximate surface area is 91.9 Å². The predicted molar refractivity (Wildman–Crippen MR) is 60.5 cm³/mol. The van der Waals surface area contributed by atoms with Gasteiger partial charge in [-0.15, -0.1) is 0 Å². The van der Waals surface area contributed by atoms with Crippen molar-refractivity contribution in [1.82, 2.24) is 9.97 Å². The van der Waals surface area contributed by atoms with Gasteiger partial charge in [-0.2, -0.15) is 12.6 Å². The number of rotatable bonds is 2. The van der Waals surface area contributed by atoms with E-state index in [-0.39, 0.29) is 0 Å². The van der Waals surface area contributed by atoms with E-state index in [0.29, 0.717) is 0 Å². The van der Waals surface area contributed by atoms with Crippen molar-refractivity contribution < 1.29 is 4.79 Å². The zero-order valence-corrected chi connectivity index (χ0v) is 8.69. The van der Waals surface area contributed by atoms with Crippen LogP contribution in [0.5, 0.6) is 0 Å². The van der Waals surface area contributed by atoms with Gasteiger partial charge in [0.05, 0.1) is 11.0 Å². The number of aromatic nitrogens is 2. The van der Waals surface area contributed by atoms with Crippen molar-refractivity contribution in [2.45, 2.75) is 5.25 Å². The van der Waals surface area contributed by atoms with Crippen LogP contribution >= 0.6 is 12.6 Å². The molecule has 0 aliphatic carbocycles. The summed E-state index contributed by atoms with van der Waals surface area (Å²) >= 11 is 4.12. The maximum Gasteiger partial charge on any atom is 0.234 e. The Hall–Kier alpha value is -1.62. The van der Waals surface area contributed by atoms with Crippen LogP contribution in [-0.2, 0) is 4.79 Å². The van der Waals surface area contributed by atoms with Gasteiger partial charge in [0.25, 0.3) is 0 Å². The molecule has 1 heterocycles. The highest BCUT2D eigenvalue weighted by Gasteiger charge is 2.12. The van der Waals surface area contributed by atoms with Crippen LogP contribution < -0.4 is 5.73 Å². The molecule has 2 aromatic rings. The molecule has 0 saturated carbocycles. The Morgan fingerprint density at radius 2 is 1.93 bits per heavy atom. The number of nitrogens with two attached hydrogens (primary N) is 1. The third kappa shape index (κ3) is 1.92. The summed E-state index contributed by atoms with van der Waals surface area (Å²) in [6.07, 6.45) is 3.22. The quantitative estimate of drug-likeness (QED) is 0.743. The molecule has 0 aliphatic heterocycles. The number of carbonyl (C=O) groups is 1. The summed E-state index contributed by atoms with van der Waals surface area (Å²) in [6, 6.07) is 5.34. The molecule has 2 rings (SSSR count). The van der Waals surface area contributed by atoms with Crippen molar-refractivity contribution in [3.8, 4) is 0 Å². The third-order valence-corrected chi connectivity index (χ3v) is 2.63. The van der Waals surface area contributed by atoms with Gasteiger partial charge in [0.15, 0.2) is 0 Å². The molecular weight excluding hydrogens is 210 g/mol. The summed E-state index contributed by atoms with van der Waals surface area (Å²) in [5.41, 5.74) is 7.41. The van der Waals surface area contributed by atoms with E-state index in [1.165, 1.54) is 0 Å². The molecule has 0 spiro atoms. The van der Waals surface area contributed by atoms with Crippen molar-refractivity contribution >= 4 is 29.6 Å². The number of nitrogens with zero attached hydrogens (tertiary/aromatic N) is 2. The maximum absolute atomic E-state index is 10.9. The van der Waals surface area contributed by atoms with Gasteiger partial charge in [-0.3, -0.25) is 14.8 Å². The van der Waals surface area contributed by atoms with E-state index in [2.05, 4.69) is 22.6 Å². The molecule has 15 heavy (non-hydrogen) atoms. The van der Waals surface area contributed by atoms with E-state index in [4.69, 9.17) is 5.73 Å². The Morgan fingerprint density at radius 3 is 2.60 bits per heavy atom. The Balaban J connectivity index is 2.51. The normalized spacial score (nSPS) is 12.6. The van der Waals surface area contributed by atoms with Gasteiger partial charge < -0.3 is 5.73 Å². The molecule has 1 aromatic heterocycles. The summed E-state index contributed by atoms with van der Waals surface area (Å²) in [4.78, 5) is 19.2. The van der Waals surface area contributed by atoms with Gasteiger partial charge in [-0.1, -0.05) is 6.07 Å². The number of carbonyl (C=O) groups excluding carboxylic acids is 1. The van der Waals surface area contributed by atoms with Crippen LogP contribution in [0.2, 0.25) is 0 Å². The second-order valence-electron chi connectivity index (χ2n) is 3.11. The molecule has 0 radical (unpaired) electrons. The van der Waals surface area contributed by atoms with Gasteiger partial charge >= 0.3 is 0 Å². The zero-order valence-electron chi connectivity index (χ0n) is 7.79. The van der Waals surface area contributed by atoms with Crippen molar-refractivity contribution in [3.63, 3.8) is 0 Å². The molecule has 5 heteroatoms. The number of amides is 1. The first-order valence-corrected chi connectivity index (χ1v) is 4.88. The number of thiol groups is 1. The van der Waals surface area contributed by atoms with Crippen molar-refractivity contribution in [1.29, 1.82) is 0 Å². The average molecular weight is 219 g/mol. The molecule has 1 unspecified atom stereocenters. The maximum atomic E-state index is 10.9. The van der Waals surface area contributed by atoms with Crippen LogP contribution in [0.25, 0.3) is 11.0 Å². The van der Waals surface area contributed by atoms with Crippen LogP contribution in [-0.4, -0.2) is 15.9 Å². The van der Waals surface area contributed by atoms with Crippen molar-refractivity contribution in [2.24, 2.45) is 5.73 Å². The van der Waals surface area contributed by atoms with Crippen LogP contribution in [0.4, 0.5) is 0 Å². The molecule has 1 amide bonds. The fourth-order valence-electron chi connectivity index (χ4n) is 1.31. The minimum atomic E-state index is -0.601. The van der Waals surface area contributed by atoms with Gasteiger partial charge in [0, 0.05) is 12.4 Å². The zero-order chi connectivity index (χ0) is 10.8. The first-order valence-electron chi connectivity index (χ1n) is 4.36. The molecule has 1 atom stereocenters. The lowest BCUT2D eigenvalue weighted by Crippen LogP contribution is -2.17. The highest BCUT2D eigenvalue weighted by atomic mass is 32.1. The average Bonchev–Trinajstić information content (AvgIpc) is 2.27. The summed E-state index contributed by atoms with van der Waals surface area (Å²) in [5.74, 6) is -0.471. The first kappa shape index (κ1) is 9.92. The Bertz CT molecular complexity index is 515. The number of primary amides is 1. The number of fused-ring (bicyclic) bond motifs is 1. The molecule has 0 saturated heterocycles. The topological polar surface area (TPSA) is 68.9 Å². The summed E-state index contributed by atoms with van der Waals surface area (Å²) in [7, 11) is 0. The molecule has 1 aromatic carbocycles. The Kier molecular flexibility index (Phi) is 2.55. The minimum Gasteiger partial charge on any atom is -0.368 e. The van der Waals surface area contributed by atoms with E-state index in [1.54, 1.807) is 30.6 Å². The smallest absolute Gasteiger partial charge is 0.234 e. The molecule has 0 bridgehead atoms. The molecule has 0 aliphatic rings. The van der Waals surface area contributed by atoms with Crippen molar-refractivity contribution in [2.75, 3.05) is 0 Å². The van der Waals surface area contributed by atoms with E-state index < -0.39 is 11.2 Å². The largest absolute Gasteiger partial charge is 0.368 e. The van der Waals surface area contributed by atoms with E-state index >= 15 is 0 Å². The third-order valence-electron chi connectivity index (χ3n) is 2.08. The second-order valence-corrected chi connectivity index (χ2v) is 3.63. The van der Waals surface area contributed by atoms with E-state index in [9.17, 15) is 4.79 Å². The number of hydrogen-bond acceptors (Lipinski definition) is 4. The fraction of sp³-hybridized carbons (Fsp3) is 0.100.